The van der Waals surface area contributed by atoms with E-state index >= 15 is 0 Å². The van der Waals surface area contributed by atoms with E-state index in [0.29, 0.717) is 11.8 Å². The van der Waals surface area contributed by atoms with Gasteiger partial charge in [0, 0.05) is 6.54 Å². The van der Waals surface area contributed by atoms with Gasteiger partial charge in [-0.1, -0.05) is 53.9 Å². The molecule has 1 heterocycles. The lowest BCUT2D eigenvalue weighted by Crippen LogP contribution is -2.45. The Morgan fingerprint density at radius 3 is 2.45 bits per heavy atom. The second kappa shape index (κ2) is 5.67. The van der Waals surface area contributed by atoms with Crippen LogP contribution in [0.4, 0.5) is 0 Å². The first kappa shape index (κ1) is 15.8. The molecule has 3 nitrogen and oxygen atoms in total. The highest BCUT2D eigenvalue weighted by atomic mass is 16.2. The van der Waals surface area contributed by atoms with Gasteiger partial charge in [0.25, 0.3) is 0 Å². The molecule has 0 radical (unpaired) electrons. The Hall–Kier alpha value is -0.570. The molecule has 1 aliphatic carbocycles. The van der Waals surface area contributed by atoms with Crippen molar-refractivity contribution in [2.45, 2.75) is 84.8 Å². The molecule has 1 spiro atoms. The molecule has 1 saturated carbocycles. The molecule has 1 saturated heterocycles. The molecule has 2 rings (SSSR count). The van der Waals surface area contributed by atoms with Gasteiger partial charge in [-0.3, -0.25) is 10.1 Å². The summed E-state index contributed by atoms with van der Waals surface area (Å²) in [6, 6.07) is 0. The number of carbonyl (C=O) groups is 1. The van der Waals surface area contributed by atoms with E-state index in [0.717, 1.165) is 32.2 Å². The third kappa shape index (κ3) is 2.74. The van der Waals surface area contributed by atoms with Crippen LogP contribution in [0.15, 0.2) is 0 Å². The van der Waals surface area contributed by atoms with Crippen LogP contribution in [0.25, 0.3) is 0 Å². The molecule has 0 aromatic heterocycles. The lowest BCUT2D eigenvalue weighted by Gasteiger charge is -2.36. The van der Waals surface area contributed by atoms with Gasteiger partial charge >= 0.3 is 0 Å². The standard InChI is InChI=1S/C17H32N2O/c1-6-9-14-18-17(10-7-8-11-17)15(20)19(14)12-16(4,5)13(2)3/h13-14,18H,6-12H2,1-5H3. The molecular weight excluding hydrogens is 248 g/mol. The monoisotopic (exact) mass is 280 g/mol. The molecule has 20 heavy (non-hydrogen) atoms. The Balaban J connectivity index is 2.17. The third-order valence-electron chi connectivity index (χ3n) is 5.65. The maximum atomic E-state index is 13.0. The molecule has 0 aromatic carbocycles. The van der Waals surface area contributed by atoms with E-state index in [1.165, 1.54) is 12.8 Å². The lowest BCUT2D eigenvalue weighted by molar-refractivity contribution is -0.134. The van der Waals surface area contributed by atoms with E-state index in [1.54, 1.807) is 0 Å². The maximum absolute atomic E-state index is 13.0. The zero-order valence-electron chi connectivity index (χ0n) is 14.0. The van der Waals surface area contributed by atoms with Crippen LogP contribution < -0.4 is 5.32 Å². The van der Waals surface area contributed by atoms with Crippen LogP contribution in [0.3, 0.4) is 0 Å². The quantitative estimate of drug-likeness (QED) is 0.835. The van der Waals surface area contributed by atoms with E-state index in [1.807, 2.05) is 0 Å². The van der Waals surface area contributed by atoms with Gasteiger partial charge in [-0.05, 0) is 30.6 Å². The lowest BCUT2D eigenvalue weighted by atomic mass is 9.80. The van der Waals surface area contributed by atoms with Crippen LogP contribution in [-0.4, -0.2) is 29.1 Å². The summed E-state index contributed by atoms with van der Waals surface area (Å²) in [6.07, 6.45) is 6.90. The average molecular weight is 280 g/mol. The normalized spacial score (nSPS) is 26.2. The van der Waals surface area contributed by atoms with Gasteiger partial charge in [-0.15, -0.1) is 0 Å². The topological polar surface area (TPSA) is 32.3 Å². The summed E-state index contributed by atoms with van der Waals surface area (Å²) in [6.45, 7) is 12.2. The number of nitrogens with one attached hydrogen (secondary N) is 1. The van der Waals surface area contributed by atoms with Gasteiger partial charge in [0.05, 0.1) is 11.7 Å². The van der Waals surface area contributed by atoms with Crippen molar-refractivity contribution in [1.82, 2.24) is 10.2 Å². The van der Waals surface area contributed by atoms with Crippen LogP contribution in [0.1, 0.15) is 73.1 Å². The first-order valence-electron chi connectivity index (χ1n) is 8.41. The fourth-order valence-electron chi connectivity index (χ4n) is 3.52. The van der Waals surface area contributed by atoms with Gasteiger partial charge < -0.3 is 4.90 Å². The van der Waals surface area contributed by atoms with Gasteiger partial charge in [-0.2, -0.15) is 0 Å². The van der Waals surface area contributed by atoms with Gasteiger partial charge in [-0.25, -0.2) is 0 Å². The molecule has 1 N–H and O–H groups in total. The minimum atomic E-state index is -0.215. The smallest absolute Gasteiger partial charge is 0.244 e. The Bertz CT molecular complexity index is 356. The fraction of sp³-hybridized carbons (Fsp3) is 0.941. The molecule has 1 aliphatic heterocycles. The highest BCUT2D eigenvalue weighted by Gasteiger charge is 2.52. The van der Waals surface area contributed by atoms with E-state index in [4.69, 9.17) is 0 Å². The molecule has 1 amide bonds. The van der Waals surface area contributed by atoms with Crippen molar-refractivity contribution in [2.75, 3.05) is 6.54 Å². The van der Waals surface area contributed by atoms with Crippen molar-refractivity contribution >= 4 is 5.91 Å². The number of carbonyl (C=O) groups excluding carboxylic acids is 1. The Morgan fingerprint density at radius 1 is 1.35 bits per heavy atom. The van der Waals surface area contributed by atoms with Crippen molar-refractivity contribution in [3.05, 3.63) is 0 Å². The van der Waals surface area contributed by atoms with Gasteiger partial charge in [0.1, 0.15) is 0 Å². The summed E-state index contributed by atoms with van der Waals surface area (Å²) in [5.74, 6) is 0.958. The molecule has 2 fully saturated rings. The second-order valence-electron chi connectivity index (χ2n) is 7.81. The van der Waals surface area contributed by atoms with Crippen molar-refractivity contribution in [3.8, 4) is 0 Å². The number of hydrogen-bond donors (Lipinski definition) is 1. The Labute approximate surface area is 124 Å². The van der Waals surface area contributed by atoms with Crippen LogP contribution >= 0.6 is 0 Å². The Morgan fingerprint density at radius 2 is 1.95 bits per heavy atom. The molecule has 1 atom stereocenters. The van der Waals surface area contributed by atoms with E-state index < -0.39 is 0 Å². The molecule has 2 aliphatic rings. The van der Waals surface area contributed by atoms with Crippen LogP contribution in [-0.2, 0) is 4.79 Å². The van der Waals surface area contributed by atoms with Crippen molar-refractivity contribution in [1.29, 1.82) is 0 Å². The third-order valence-corrected chi connectivity index (χ3v) is 5.65. The van der Waals surface area contributed by atoms with Gasteiger partial charge in [0.15, 0.2) is 0 Å². The highest BCUT2D eigenvalue weighted by molar-refractivity contribution is 5.89. The number of amides is 1. The zero-order chi connectivity index (χ0) is 15.0. The summed E-state index contributed by atoms with van der Waals surface area (Å²) in [5, 5.41) is 3.70. The van der Waals surface area contributed by atoms with E-state index in [9.17, 15) is 4.79 Å². The summed E-state index contributed by atoms with van der Waals surface area (Å²) in [7, 11) is 0. The van der Waals surface area contributed by atoms with Crippen LogP contribution in [0.5, 0.6) is 0 Å². The SMILES string of the molecule is CCCC1NC2(CCCC2)C(=O)N1CC(C)(C)C(C)C. The van der Waals surface area contributed by atoms with Crippen molar-refractivity contribution < 1.29 is 4.79 Å². The van der Waals surface area contributed by atoms with Gasteiger partial charge in [0.2, 0.25) is 5.91 Å². The largest absolute Gasteiger partial charge is 0.325 e. The summed E-state index contributed by atoms with van der Waals surface area (Å²) in [4.78, 5) is 15.1. The summed E-state index contributed by atoms with van der Waals surface area (Å²) < 4.78 is 0. The summed E-state index contributed by atoms with van der Waals surface area (Å²) >= 11 is 0. The molecule has 0 aromatic rings. The highest BCUT2D eigenvalue weighted by Crippen LogP contribution is 2.39. The van der Waals surface area contributed by atoms with Crippen LogP contribution in [0, 0.1) is 11.3 Å². The molecule has 0 bridgehead atoms. The minimum absolute atomic E-state index is 0.174. The molecular formula is C17H32N2O. The van der Waals surface area contributed by atoms with E-state index in [2.05, 4.69) is 44.8 Å². The minimum Gasteiger partial charge on any atom is -0.325 e. The van der Waals surface area contributed by atoms with Crippen molar-refractivity contribution in [2.24, 2.45) is 11.3 Å². The van der Waals surface area contributed by atoms with Crippen LogP contribution in [0.2, 0.25) is 0 Å². The number of hydrogen-bond acceptors (Lipinski definition) is 2. The Kier molecular flexibility index (Phi) is 4.48. The average Bonchev–Trinajstić information content (AvgIpc) is 2.92. The number of rotatable bonds is 5. The predicted octanol–water partition coefficient (Wildman–Crippen LogP) is 3.54. The predicted molar refractivity (Wildman–Crippen MR) is 83.4 cm³/mol. The molecule has 116 valence electrons. The summed E-state index contributed by atoms with van der Waals surface area (Å²) in [5.41, 5.74) is -0.0413. The van der Waals surface area contributed by atoms with E-state index in [-0.39, 0.29) is 17.1 Å². The van der Waals surface area contributed by atoms with Crippen molar-refractivity contribution in [3.63, 3.8) is 0 Å². The first-order chi connectivity index (χ1) is 9.32. The molecule has 1 unspecified atom stereocenters. The zero-order valence-corrected chi connectivity index (χ0v) is 14.0. The second-order valence-corrected chi connectivity index (χ2v) is 7.81. The number of nitrogens with zero attached hydrogens (tertiary/aromatic N) is 1. The first-order valence-corrected chi connectivity index (χ1v) is 8.41. The molecule has 3 heteroatoms. The fourth-order valence-corrected chi connectivity index (χ4v) is 3.52. The maximum Gasteiger partial charge on any atom is 0.244 e.